The average molecular weight is 191 g/mol. The third-order valence-electron chi connectivity index (χ3n) is 1.23. The Morgan fingerprint density at radius 1 is 1.64 bits per heavy atom. The Kier molecular flexibility index (Phi) is 8.31. The highest BCUT2D eigenvalue weighted by atomic mass is 16.5. The molecule has 1 aromatic heterocycles. The van der Waals surface area contributed by atoms with Crippen LogP contribution in [-0.4, -0.2) is 25.0 Å². The number of hydrogen-bond donors (Lipinski definition) is 0. The third-order valence-corrected chi connectivity index (χ3v) is 1.23. The Morgan fingerprint density at radius 2 is 2.36 bits per heavy atom. The smallest absolute Gasteiger partial charge is 0.193 e. The molecule has 74 valence electrons. The van der Waals surface area contributed by atoms with Crippen LogP contribution in [0.5, 0.6) is 0 Å². The van der Waals surface area contributed by atoms with E-state index >= 15 is 0 Å². The quantitative estimate of drug-likeness (QED) is 0.496. The first-order chi connectivity index (χ1) is 6.85. The third kappa shape index (κ3) is 7.01. The van der Waals surface area contributed by atoms with Crippen LogP contribution in [0.25, 0.3) is 0 Å². The van der Waals surface area contributed by atoms with Gasteiger partial charge >= 0.3 is 0 Å². The number of carbonyl (C=O) groups is 1. The van der Waals surface area contributed by atoms with E-state index in [2.05, 4.69) is 21.6 Å². The molecule has 0 saturated heterocycles. The van der Waals surface area contributed by atoms with Crippen LogP contribution in [0.3, 0.4) is 0 Å². The zero-order chi connectivity index (χ0) is 10.6. The van der Waals surface area contributed by atoms with Crippen LogP contribution in [0.2, 0.25) is 0 Å². The molecule has 0 fully saturated rings. The first-order valence-electron chi connectivity index (χ1n) is 4.19. The van der Waals surface area contributed by atoms with Gasteiger partial charge in [0, 0.05) is 31.7 Å². The summed E-state index contributed by atoms with van der Waals surface area (Å²) >= 11 is 0. The Hall–Kier alpha value is -1.66. The van der Waals surface area contributed by atoms with Gasteiger partial charge in [-0.15, -0.1) is 0 Å². The summed E-state index contributed by atoms with van der Waals surface area (Å²) in [5, 5.41) is 0. The number of pyridine rings is 1. The number of aromatic nitrogens is 1. The van der Waals surface area contributed by atoms with Crippen molar-refractivity contribution in [2.24, 2.45) is 0 Å². The first-order valence-corrected chi connectivity index (χ1v) is 4.19. The monoisotopic (exact) mass is 191 g/mol. The van der Waals surface area contributed by atoms with Crippen LogP contribution in [0.15, 0.2) is 24.5 Å². The van der Waals surface area contributed by atoms with Crippen LogP contribution in [0.1, 0.15) is 12.5 Å². The molecule has 3 heteroatoms. The van der Waals surface area contributed by atoms with E-state index in [1.807, 2.05) is 6.92 Å². The molecular weight excluding hydrogens is 178 g/mol. The van der Waals surface area contributed by atoms with Crippen molar-refractivity contribution in [2.45, 2.75) is 6.92 Å². The summed E-state index contributed by atoms with van der Waals surface area (Å²) in [6.07, 6.45) is 3.83. The summed E-state index contributed by atoms with van der Waals surface area (Å²) in [7, 11) is 1.68. The predicted octanol–water partition coefficient (Wildman–Crippen LogP) is 1.28. The lowest BCUT2D eigenvalue weighted by Crippen LogP contribution is -1.74. The van der Waals surface area contributed by atoms with Crippen molar-refractivity contribution in [2.75, 3.05) is 13.7 Å². The number of aldehydes is 1. The van der Waals surface area contributed by atoms with E-state index in [9.17, 15) is 4.79 Å². The van der Waals surface area contributed by atoms with Crippen LogP contribution in [0, 0.1) is 11.8 Å². The van der Waals surface area contributed by atoms with Crippen molar-refractivity contribution in [3.05, 3.63) is 30.1 Å². The van der Waals surface area contributed by atoms with E-state index in [-0.39, 0.29) is 0 Å². The van der Waals surface area contributed by atoms with E-state index in [1.54, 1.807) is 31.6 Å². The van der Waals surface area contributed by atoms with Crippen LogP contribution in [0.4, 0.5) is 0 Å². The minimum Gasteiger partial charge on any atom is -0.385 e. The van der Waals surface area contributed by atoms with Crippen LogP contribution >= 0.6 is 0 Å². The van der Waals surface area contributed by atoms with Crippen molar-refractivity contribution < 1.29 is 9.53 Å². The summed E-state index contributed by atoms with van der Waals surface area (Å²) in [5.41, 5.74) is 0.759. The Bertz CT molecular complexity index is 296. The fourth-order valence-corrected chi connectivity index (χ4v) is 0.549. The molecule has 3 nitrogen and oxygen atoms in total. The normalized spacial score (nSPS) is 7.57. The van der Waals surface area contributed by atoms with E-state index in [4.69, 9.17) is 0 Å². The van der Waals surface area contributed by atoms with Gasteiger partial charge in [0.15, 0.2) is 6.29 Å². The molecule has 0 spiro atoms. The van der Waals surface area contributed by atoms with Gasteiger partial charge in [-0.1, -0.05) is 5.92 Å². The minimum atomic E-state index is 0.562. The molecule has 0 saturated carbocycles. The molecule has 14 heavy (non-hydrogen) atoms. The number of nitrogens with zero attached hydrogens (tertiary/aromatic N) is 1. The second-order valence-corrected chi connectivity index (χ2v) is 2.21. The maximum atomic E-state index is 9.78. The van der Waals surface area contributed by atoms with Gasteiger partial charge in [-0.3, -0.25) is 9.78 Å². The van der Waals surface area contributed by atoms with E-state index < -0.39 is 0 Å². The van der Waals surface area contributed by atoms with E-state index in [0.717, 1.165) is 12.2 Å². The molecule has 0 aliphatic carbocycles. The Labute approximate surface area is 84.1 Å². The molecule has 0 bridgehead atoms. The molecule has 0 amide bonds. The molecule has 0 aliphatic rings. The maximum Gasteiger partial charge on any atom is 0.193 e. The molecule has 0 N–H and O–H groups in total. The lowest BCUT2D eigenvalue weighted by Gasteiger charge is -1.82. The molecule has 1 aromatic rings. The predicted molar refractivity (Wildman–Crippen MR) is 54.7 cm³/mol. The lowest BCUT2D eigenvalue weighted by atomic mass is 10.3. The number of hydrogen-bond acceptors (Lipinski definition) is 3. The molecule has 0 radical (unpaired) electrons. The summed E-state index contributed by atoms with van der Waals surface area (Å²) in [6.45, 7) is 2.78. The summed E-state index contributed by atoms with van der Waals surface area (Å²) in [5.74, 6) is 4.91. The van der Waals surface area contributed by atoms with Crippen molar-refractivity contribution in [1.82, 2.24) is 4.98 Å². The van der Waals surface area contributed by atoms with E-state index in [0.29, 0.717) is 6.29 Å². The number of ether oxygens (including phenoxy) is 1. The lowest BCUT2D eigenvalue weighted by molar-refractivity contribution is -0.103. The van der Waals surface area contributed by atoms with Crippen molar-refractivity contribution in [3.8, 4) is 11.8 Å². The van der Waals surface area contributed by atoms with Gasteiger partial charge in [0.05, 0.1) is 0 Å². The number of methoxy groups -OCH3 is 1. The summed E-state index contributed by atoms with van der Waals surface area (Å²) in [6, 6.07) is 3.57. The molecular formula is C11H13NO2. The SMILES string of the molecule is CCOC.O=CC#Cc1cccnc1. The topological polar surface area (TPSA) is 39.2 Å². The highest BCUT2D eigenvalue weighted by molar-refractivity contribution is 5.73. The Morgan fingerprint density at radius 3 is 2.79 bits per heavy atom. The largest absolute Gasteiger partial charge is 0.385 e. The standard InChI is InChI=1S/C8H5NO.C3H8O/c10-6-2-4-8-3-1-5-9-7-8;1-3-4-2/h1,3,5-7H;3H2,1-2H3. The zero-order valence-corrected chi connectivity index (χ0v) is 8.36. The van der Waals surface area contributed by atoms with Crippen molar-refractivity contribution >= 4 is 6.29 Å². The molecule has 0 unspecified atom stereocenters. The van der Waals surface area contributed by atoms with Gasteiger partial charge < -0.3 is 4.74 Å². The highest BCUT2D eigenvalue weighted by Gasteiger charge is 1.79. The van der Waals surface area contributed by atoms with E-state index in [1.165, 1.54) is 0 Å². The van der Waals surface area contributed by atoms with Crippen LogP contribution in [-0.2, 0) is 9.53 Å². The second-order valence-electron chi connectivity index (χ2n) is 2.21. The maximum absolute atomic E-state index is 9.78. The van der Waals surface area contributed by atoms with Gasteiger partial charge in [0.2, 0.25) is 0 Å². The molecule has 0 aliphatic heterocycles. The number of carbonyl (C=O) groups excluding carboxylic acids is 1. The van der Waals surface area contributed by atoms with Crippen LogP contribution < -0.4 is 0 Å². The summed E-state index contributed by atoms with van der Waals surface area (Å²) in [4.78, 5) is 13.6. The first kappa shape index (κ1) is 12.3. The van der Waals surface area contributed by atoms with Crippen molar-refractivity contribution in [1.29, 1.82) is 0 Å². The average Bonchev–Trinajstić information content (AvgIpc) is 2.28. The fourth-order valence-electron chi connectivity index (χ4n) is 0.549. The fraction of sp³-hybridized carbons (Fsp3) is 0.273. The van der Waals surface area contributed by atoms with Gasteiger partial charge in [0.25, 0.3) is 0 Å². The molecule has 1 rings (SSSR count). The van der Waals surface area contributed by atoms with Crippen molar-refractivity contribution in [3.63, 3.8) is 0 Å². The summed E-state index contributed by atoms with van der Waals surface area (Å²) < 4.78 is 4.54. The van der Waals surface area contributed by atoms with Gasteiger partial charge in [0.1, 0.15) is 0 Å². The zero-order valence-electron chi connectivity index (χ0n) is 8.36. The van der Waals surface area contributed by atoms with Gasteiger partial charge in [-0.2, -0.15) is 0 Å². The molecule has 0 aromatic carbocycles. The Balaban J connectivity index is 0.000000364. The molecule has 0 atom stereocenters. The molecule has 1 heterocycles. The number of rotatable bonds is 1. The van der Waals surface area contributed by atoms with Gasteiger partial charge in [-0.25, -0.2) is 0 Å². The second kappa shape index (κ2) is 9.43. The highest BCUT2D eigenvalue weighted by Crippen LogP contribution is 1.90. The minimum absolute atomic E-state index is 0.562. The van der Waals surface area contributed by atoms with Gasteiger partial charge in [-0.05, 0) is 25.0 Å².